The van der Waals surface area contributed by atoms with Crippen LogP contribution >= 0.6 is 0 Å². The molecule has 0 aliphatic heterocycles. The van der Waals surface area contributed by atoms with E-state index in [1.54, 1.807) is 4.68 Å². The van der Waals surface area contributed by atoms with E-state index in [4.69, 9.17) is 0 Å². The number of aryl methyl sites for hydroxylation is 2. The van der Waals surface area contributed by atoms with Crippen LogP contribution in [0, 0.1) is 13.8 Å². The minimum Gasteiger partial charge on any atom is -0.476 e. The Balaban J connectivity index is 2.47. The van der Waals surface area contributed by atoms with Gasteiger partial charge in [-0.15, -0.1) is 5.10 Å². The molecule has 0 amide bonds. The summed E-state index contributed by atoms with van der Waals surface area (Å²) < 4.78 is 1.70. The molecule has 0 radical (unpaired) electrons. The van der Waals surface area contributed by atoms with E-state index in [0.29, 0.717) is 12.2 Å². The highest BCUT2D eigenvalue weighted by Crippen LogP contribution is 2.21. The highest BCUT2D eigenvalue weighted by molar-refractivity contribution is 5.86. The molecule has 0 atom stereocenters. The average Bonchev–Trinajstić information content (AvgIpc) is 2.78. The number of hydrogen-bond acceptors (Lipinski definition) is 3. The van der Waals surface area contributed by atoms with E-state index < -0.39 is 5.97 Å². The van der Waals surface area contributed by atoms with Crippen LogP contribution in [0.5, 0.6) is 0 Å². The zero-order chi connectivity index (χ0) is 14.9. The van der Waals surface area contributed by atoms with Crippen LogP contribution in [0.2, 0.25) is 0 Å². The third kappa shape index (κ3) is 2.57. The van der Waals surface area contributed by atoms with Gasteiger partial charge in [0.2, 0.25) is 0 Å². The number of carboxylic acid groups (broad SMARTS) is 1. The second-order valence-corrected chi connectivity index (χ2v) is 5.31. The van der Waals surface area contributed by atoms with Crippen molar-refractivity contribution in [3.63, 3.8) is 0 Å². The lowest BCUT2D eigenvalue weighted by Crippen LogP contribution is -2.12. The van der Waals surface area contributed by atoms with Crippen LogP contribution in [0.4, 0.5) is 0 Å². The molecular formula is C15H19N3O2. The van der Waals surface area contributed by atoms with Gasteiger partial charge < -0.3 is 5.11 Å². The Bertz CT molecular complexity index is 624. The molecular weight excluding hydrogens is 254 g/mol. The molecule has 2 aromatic rings. The van der Waals surface area contributed by atoms with E-state index in [1.807, 2.05) is 45.9 Å². The second kappa shape index (κ2) is 5.45. The van der Waals surface area contributed by atoms with Gasteiger partial charge in [0.1, 0.15) is 0 Å². The van der Waals surface area contributed by atoms with Crippen molar-refractivity contribution in [2.24, 2.45) is 0 Å². The molecule has 0 saturated heterocycles. The zero-order valence-corrected chi connectivity index (χ0v) is 12.2. The van der Waals surface area contributed by atoms with Crippen LogP contribution in [-0.4, -0.2) is 26.1 Å². The minimum atomic E-state index is -1.03. The van der Waals surface area contributed by atoms with Gasteiger partial charge in [-0.1, -0.05) is 37.3 Å². The molecule has 0 spiro atoms. The number of benzene rings is 1. The molecule has 0 aliphatic rings. The number of aromatic carboxylic acids is 1. The van der Waals surface area contributed by atoms with Crippen LogP contribution in [0.25, 0.3) is 0 Å². The maximum absolute atomic E-state index is 11.2. The smallest absolute Gasteiger partial charge is 0.358 e. The monoisotopic (exact) mass is 273 g/mol. The molecule has 106 valence electrons. The molecule has 0 saturated carbocycles. The standard InChI is InChI=1S/C15H19N3O2/c1-9(2)14-13(15(19)20)16-17-18(14)8-12-10(3)6-5-7-11(12)4/h5-7,9H,8H2,1-4H3,(H,19,20). The lowest BCUT2D eigenvalue weighted by molar-refractivity contribution is 0.0688. The van der Waals surface area contributed by atoms with Gasteiger partial charge in [0.25, 0.3) is 0 Å². The number of rotatable bonds is 4. The van der Waals surface area contributed by atoms with E-state index in [1.165, 1.54) is 11.1 Å². The summed E-state index contributed by atoms with van der Waals surface area (Å²) in [6.07, 6.45) is 0. The summed E-state index contributed by atoms with van der Waals surface area (Å²) in [6, 6.07) is 6.11. The molecule has 2 rings (SSSR count). The van der Waals surface area contributed by atoms with E-state index >= 15 is 0 Å². The van der Waals surface area contributed by atoms with Crippen molar-refractivity contribution in [3.8, 4) is 0 Å². The van der Waals surface area contributed by atoms with Crippen LogP contribution in [-0.2, 0) is 6.54 Å². The van der Waals surface area contributed by atoms with Crippen LogP contribution < -0.4 is 0 Å². The number of nitrogens with zero attached hydrogens (tertiary/aromatic N) is 3. The molecule has 0 fully saturated rings. The number of aromatic nitrogens is 3. The van der Waals surface area contributed by atoms with Crippen LogP contribution in [0.15, 0.2) is 18.2 Å². The van der Waals surface area contributed by atoms with Crippen LogP contribution in [0.3, 0.4) is 0 Å². The lowest BCUT2D eigenvalue weighted by Gasteiger charge is -2.13. The Kier molecular flexibility index (Phi) is 3.88. The Hall–Kier alpha value is -2.17. The minimum absolute atomic E-state index is 0.0474. The molecule has 0 bridgehead atoms. The molecule has 1 N–H and O–H groups in total. The van der Waals surface area contributed by atoms with Crippen molar-refractivity contribution < 1.29 is 9.90 Å². The van der Waals surface area contributed by atoms with Crippen molar-refractivity contribution in [1.82, 2.24) is 15.0 Å². The van der Waals surface area contributed by atoms with E-state index in [-0.39, 0.29) is 11.6 Å². The second-order valence-electron chi connectivity index (χ2n) is 5.31. The molecule has 5 heteroatoms. The van der Waals surface area contributed by atoms with Gasteiger partial charge in [0, 0.05) is 0 Å². The van der Waals surface area contributed by atoms with Gasteiger partial charge in [-0.2, -0.15) is 0 Å². The number of carboxylic acids is 1. The zero-order valence-electron chi connectivity index (χ0n) is 12.2. The fraction of sp³-hybridized carbons (Fsp3) is 0.400. The Morgan fingerprint density at radius 1 is 1.30 bits per heavy atom. The summed E-state index contributed by atoms with van der Waals surface area (Å²) in [4.78, 5) is 11.2. The highest BCUT2D eigenvalue weighted by atomic mass is 16.4. The fourth-order valence-corrected chi connectivity index (χ4v) is 2.41. The van der Waals surface area contributed by atoms with Gasteiger partial charge in [-0.25, -0.2) is 9.48 Å². The largest absolute Gasteiger partial charge is 0.476 e. The number of carbonyl (C=O) groups is 1. The first-order valence-corrected chi connectivity index (χ1v) is 6.63. The predicted molar refractivity (Wildman–Crippen MR) is 76.1 cm³/mol. The van der Waals surface area contributed by atoms with Gasteiger partial charge >= 0.3 is 5.97 Å². The topological polar surface area (TPSA) is 68.0 Å². The summed E-state index contributed by atoms with van der Waals surface area (Å²) in [7, 11) is 0. The quantitative estimate of drug-likeness (QED) is 0.930. The molecule has 1 aromatic heterocycles. The SMILES string of the molecule is Cc1cccc(C)c1Cn1nnc(C(=O)O)c1C(C)C. The molecule has 1 heterocycles. The lowest BCUT2D eigenvalue weighted by atomic mass is 10.0. The molecule has 0 unspecified atom stereocenters. The third-order valence-electron chi connectivity index (χ3n) is 3.48. The maximum Gasteiger partial charge on any atom is 0.358 e. The van der Waals surface area contributed by atoms with E-state index in [0.717, 1.165) is 5.56 Å². The fourth-order valence-electron chi connectivity index (χ4n) is 2.41. The van der Waals surface area contributed by atoms with Gasteiger partial charge in [-0.05, 0) is 36.5 Å². The molecule has 0 aliphatic carbocycles. The summed E-state index contributed by atoms with van der Waals surface area (Å²) >= 11 is 0. The number of hydrogen-bond donors (Lipinski definition) is 1. The highest BCUT2D eigenvalue weighted by Gasteiger charge is 2.21. The van der Waals surface area contributed by atoms with E-state index in [2.05, 4.69) is 10.3 Å². The van der Waals surface area contributed by atoms with E-state index in [9.17, 15) is 9.90 Å². The summed E-state index contributed by atoms with van der Waals surface area (Å²) in [6.45, 7) is 8.55. The van der Waals surface area contributed by atoms with Crippen LogP contribution in [0.1, 0.15) is 52.6 Å². The van der Waals surface area contributed by atoms with Crippen molar-refractivity contribution in [2.75, 3.05) is 0 Å². The summed E-state index contributed by atoms with van der Waals surface area (Å²) in [5, 5.41) is 17.0. The summed E-state index contributed by atoms with van der Waals surface area (Å²) in [5.74, 6) is -0.970. The molecule has 1 aromatic carbocycles. The first-order valence-electron chi connectivity index (χ1n) is 6.63. The van der Waals surface area contributed by atoms with Gasteiger partial charge in [-0.3, -0.25) is 0 Å². The Labute approximate surface area is 118 Å². The van der Waals surface area contributed by atoms with Crippen molar-refractivity contribution >= 4 is 5.97 Å². The first kappa shape index (κ1) is 14.2. The Morgan fingerprint density at radius 2 is 1.90 bits per heavy atom. The Morgan fingerprint density at radius 3 is 2.40 bits per heavy atom. The third-order valence-corrected chi connectivity index (χ3v) is 3.48. The van der Waals surface area contributed by atoms with Gasteiger partial charge in [0.15, 0.2) is 5.69 Å². The molecule has 5 nitrogen and oxygen atoms in total. The van der Waals surface area contributed by atoms with Crippen molar-refractivity contribution in [2.45, 2.75) is 40.2 Å². The van der Waals surface area contributed by atoms with Crippen molar-refractivity contribution in [1.29, 1.82) is 0 Å². The average molecular weight is 273 g/mol. The normalized spacial score (nSPS) is 11.1. The maximum atomic E-state index is 11.2. The van der Waals surface area contributed by atoms with Crippen molar-refractivity contribution in [3.05, 3.63) is 46.3 Å². The predicted octanol–water partition coefficient (Wildman–Crippen LogP) is 2.76. The first-order chi connectivity index (χ1) is 9.41. The molecule has 20 heavy (non-hydrogen) atoms. The summed E-state index contributed by atoms with van der Waals surface area (Å²) in [5.41, 5.74) is 4.22. The van der Waals surface area contributed by atoms with Gasteiger partial charge in [0.05, 0.1) is 12.2 Å².